The number of nitrogens with one attached hydrogen (secondary N) is 1. The number of ether oxygens (including phenoxy) is 1. The predicted octanol–water partition coefficient (Wildman–Crippen LogP) is 1.93. The van der Waals surface area contributed by atoms with Crippen molar-refractivity contribution in [2.45, 2.75) is 19.8 Å². The number of nitrogens with zero attached hydrogens (tertiary/aromatic N) is 1. The molecule has 5 nitrogen and oxygen atoms in total. The molecule has 1 rings (SSSR count). The number of aryl methyl sites for hydroxylation is 1. The van der Waals surface area contributed by atoms with Crippen LogP contribution in [0.5, 0.6) is 0 Å². The number of aromatic nitrogens is 1. The fraction of sp³-hybridized carbons (Fsp3) is 0.500. The van der Waals surface area contributed by atoms with Crippen LogP contribution in [0.1, 0.15) is 28.9 Å². The molecule has 1 aromatic heterocycles. The SMILES string of the molecule is COCCCCNc1cc(C)ncc1C(=O)O. The van der Waals surface area contributed by atoms with E-state index in [9.17, 15) is 4.79 Å². The lowest BCUT2D eigenvalue weighted by Crippen LogP contribution is -2.09. The van der Waals surface area contributed by atoms with Crippen LogP contribution in [0, 0.1) is 6.92 Å². The highest BCUT2D eigenvalue weighted by Crippen LogP contribution is 2.15. The van der Waals surface area contributed by atoms with Gasteiger partial charge in [-0.2, -0.15) is 0 Å². The zero-order chi connectivity index (χ0) is 12.7. The van der Waals surface area contributed by atoms with E-state index in [1.807, 2.05) is 6.92 Å². The molecule has 0 aliphatic heterocycles. The largest absolute Gasteiger partial charge is 0.478 e. The quantitative estimate of drug-likeness (QED) is 0.710. The van der Waals surface area contributed by atoms with Gasteiger partial charge in [0.1, 0.15) is 5.56 Å². The third-order valence-electron chi connectivity index (χ3n) is 2.36. The van der Waals surface area contributed by atoms with Crippen molar-refractivity contribution in [1.82, 2.24) is 4.98 Å². The summed E-state index contributed by atoms with van der Waals surface area (Å²) in [4.78, 5) is 14.9. The van der Waals surface area contributed by atoms with Crippen LogP contribution in [0.2, 0.25) is 0 Å². The van der Waals surface area contributed by atoms with Crippen molar-refractivity contribution in [3.8, 4) is 0 Å². The maximum absolute atomic E-state index is 11.0. The lowest BCUT2D eigenvalue weighted by molar-refractivity contribution is 0.0697. The van der Waals surface area contributed by atoms with Crippen LogP contribution in [-0.2, 0) is 4.74 Å². The highest BCUT2D eigenvalue weighted by molar-refractivity contribution is 5.93. The van der Waals surface area contributed by atoms with Gasteiger partial charge in [-0.05, 0) is 25.8 Å². The number of carboxylic acids is 1. The van der Waals surface area contributed by atoms with Crippen molar-refractivity contribution < 1.29 is 14.6 Å². The van der Waals surface area contributed by atoms with E-state index in [4.69, 9.17) is 9.84 Å². The standard InChI is InChI=1S/C12H18N2O3/c1-9-7-11(10(8-14-9)12(15)16)13-5-3-4-6-17-2/h7-8H,3-6H2,1-2H3,(H,13,14)(H,15,16). The van der Waals surface area contributed by atoms with Gasteiger partial charge in [-0.15, -0.1) is 0 Å². The molecule has 0 unspecified atom stereocenters. The molecule has 0 amide bonds. The second-order valence-electron chi connectivity index (χ2n) is 3.80. The first-order valence-electron chi connectivity index (χ1n) is 5.58. The number of carboxylic acid groups (broad SMARTS) is 1. The second kappa shape index (κ2) is 6.85. The van der Waals surface area contributed by atoms with Gasteiger partial charge in [0.05, 0.1) is 5.69 Å². The van der Waals surface area contributed by atoms with Crippen LogP contribution in [-0.4, -0.2) is 36.3 Å². The van der Waals surface area contributed by atoms with E-state index in [1.165, 1.54) is 6.20 Å². The van der Waals surface area contributed by atoms with Crippen LogP contribution >= 0.6 is 0 Å². The fourth-order valence-corrected chi connectivity index (χ4v) is 1.47. The Hall–Kier alpha value is -1.62. The molecule has 0 atom stereocenters. The van der Waals surface area contributed by atoms with Crippen LogP contribution in [0.25, 0.3) is 0 Å². The summed E-state index contributed by atoms with van der Waals surface area (Å²) in [6.07, 6.45) is 3.28. The van der Waals surface area contributed by atoms with Crippen molar-refractivity contribution in [2.75, 3.05) is 25.6 Å². The van der Waals surface area contributed by atoms with E-state index >= 15 is 0 Å². The predicted molar refractivity (Wildman–Crippen MR) is 65.5 cm³/mol. The zero-order valence-electron chi connectivity index (χ0n) is 10.2. The molecule has 0 saturated carbocycles. The van der Waals surface area contributed by atoms with E-state index in [1.54, 1.807) is 13.2 Å². The Morgan fingerprint density at radius 2 is 2.29 bits per heavy atom. The zero-order valence-corrected chi connectivity index (χ0v) is 10.2. The van der Waals surface area contributed by atoms with Crippen LogP contribution in [0.4, 0.5) is 5.69 Å². The number of carbonyl (C=O) groups is 1. The molecule has 17 heavy (non-hydrogen) atoms. The molecule has 0 spiro atoms. The number of aromatic carboxylic acids is 1. The van der Waals surface area contributed by atoms with Gasteiger partial charge in [0, 0.05) is 32.2 Å². The van der Waals surface area contributed by atoms with Gasteiger partial charge in [-0.25, -0.2) is 4.79 Å². The molecule has 0 aromatic carbocycles. The summed E-state index contributed by atoms with van der Waals surface area (Å²) in [5.41, 5.74) is 1.64. The number of unbranched alkanes of at least 4 members (excludes halogenated alkanes) is 1. The molecule has 0 aliphatic carbocycles. The molecule has 0 fully saturated rings. The van der Waals surface area contributed by atoms with Gasteiger partial charge < -0.3 is 15.2 Å². The molecule has 2 N–H and O–H groups in total. The smallest absolute Gasteiger partial charge is 0.339 e. The first-order valence-corrected chi connectivity index (χ1v) is 5.58. The number of rotatable bonds is 7. The molecule has 1 aromatic rings. The summed E-state index contributed by atoms with van der Waals surface area (Å²) in [5.74, 6) is -0.961. The van der Waals surface area contributed by atoms with Crippen molar-refractivity contribution in [3.05, 3.63) is 23.5 Å². The molecule has 0 saturated heterocycles. The minimum atomic E-state index is -0.961. The Bertz CT molecular complexity index is 380. The number of anilines is 1. The average Bonchev–Trinajstić information content (AvgIpc) is 2.28. The van der Waals surface area contributed by atoms with Gasteiger partial charge in [0.2, 0.25) is 0 Å². The lowest BCUT2D eigenvalue weighted by atomic mass is 10.2. The van der Waals surface area contributed by atoms with Gasteiger partial charge in [0.15, 0.2) is 0 Å². The maximum atomic E-state index is 11.0. The van der Waals surface area contributed by atoms with E-state index in [-0.39, 0.29) is 5.56 Å². The van der Waals surface area contributed by atoms with E-state index < -0.39 is 5.97 Å². The van der Waals surface area contributed by atoms with Crippen molar-refractivity contribution in [2.24, 2.45) is 0 Å². The first-order chi connectivity index (χ1) is 8.15. The number of hydrogen-bond donors (Lipinski definition) is 2. The number of methoxy groups -OCH3 is 1. The van der Waals surface area contributed by atoms with Gasteiger partial charge in [-0.1, -0.05) is 0 Å². The first kappa shape index (κ1) is 13.4. The Balaban J connectivity index is 2.56. The topological polar surface area (TPSA) is 71.5 Å². The lowest BCUT2D eigenvalue weighted by Gasteiger charge is -2.09. The third-order valence-corrected chi connectivity index (χ3v) is 2.36. The van der Waals surface area contributed by atoms with Crippen molar-refractivity contribution >= 4 is 11.7 Å². The highest BCUT2D eigenvalue weighted by Gasteiger charge is 2.10. The summed E-state index contributed by atoms with van der Waals surface area (Å²) in [5, 5.41) is 12.1. The van der Waals surface area contributed by atoms with Gasteiger partial charge in [-0.3, -0.25) is 4.98 Å². The average molecular weight is 238 g/mol. The van der Waals surface area contributed by atoms with E-state index in [2.05, 4.69) is 10.3 Å². The summed E-state index contributed by atoms with van der Waals surface area (Å²) >= 11 is 0. The Morgan fingerprint density at radius 3 is 2.94 bits per heavy atom. The van der Waals surface area contributed by atoms with Gasteiger partial charge in [0.25, 0.3) is 0 Å². The summed E-state index contributed by atoms with van der Waals surface area (Å²) < 4.78 is 4.94. The number of pyridine rings is 1. The van der Waals surface area contributed by atoms with E-state index in [0.717, 1.165) is 31.7 Å². The maximum Gasteiger partial charge on any atom is 0.339 e. The molecule has 0 bridgehead atoms. The minimum absolute atomic E-state index is 0.211. The second-order valence-corrected chi connectivity index (χ2v) is 3.80. The van der Waals surface area contributed by atoms with Crippen LogP contribution in [0.3, 0.4) is 0 Å². The van der Waals surface area contributed by atoms with Crippen LogP contribution < -0.4 is 5.32 Å². The molecular weight excluding hydrogens is 220 g/mol. The molecule has 5 heteroatoms. The van der Waals surface area contributed by atoms with Crippen LogP contribution in [0.15, 0.2) is 12.3 Å². The summed E-state index contributed by atoms with van der Waals surface area (Å²) in [7, 11) is 1.67. The van der Waals surface area contributed by atoms with E-state index in [0.29, 0.717) is 5.69 Å². The highest BCUT2D eigenvalue weighted by atomic mass is 16.5. The summed E-state index contributed by atoms with van der Waals surface area (Å²) in [6.45, 7) is 3.29. The minimum Gasteiger partial charge on any atom is -0.478 e. The molecular formula is C12H18N2O3. The normalized spacial score (nSPS) is 10.2. The molecule has 1 heterocycles. The molecule has 0 aliphatic rings. The molecule has 0 radical (unpaired) electrons. The Labute approximate surface area is 101 Å². The Morgan fingerprint density at radius 1 is 1.53 bits per heavy atom. The number of hydrogen-bond acceptors (Lipinski definition) is 4. The summed E-state index contributed by atoms with van der Waals surface area (Å²) in [6, 6.07) is 1.75. The Kier molecular flexibility index (Phi) is 5.42. The third kappa shape index (κ3) is 4.40. The van der Waals surface area contributed by atoms with Crippen molar-refractivity contribution in [1.29, 1.82) is 0 Å². The molecule has 94 valence electrons. The monoisotopic (exact) mass is 238 g/mol. The van der Waals surface area contributed by atoms with Gasteiger partial charge >= 0.3 is 5.97 Å². The fourth-order valence-electron chi connectivity index (χ4n) is 1.47. The van der Waals surface area contributed by atoms with Crippen molar-refractivity contribution in [3.63, 3.8) is 0 Å².